The lowest BCUT2D eigenvalue weighted by Crippen LogP contribution is -2.00. The molecular formula is C54H35N3. The van der Waals surface area contributed by atoms with Crippen molar-refractivity contribution in [2.45, 2.75) is 0 Å². The molecule has 0 saturated heterocycles. The van der Waals surface area contributed by atoms with Gasteiger partial charge >= 0.3 is 0 Å². The van der Waals surface area contributed by atoms with Crippen molar-refractivity contribution in [3.05, 3.63) is 212 Å². The second kappa shape index (κ2) is 12.5. The number of aromatic nitrogens is 3. The molecule has 266 valence electrons. The summed E-state index contributed by atoms with van der Waals surface area (Å²) in [4.78, 5) is 0. The van der Waals surface area contributed by atoms with Crippen LogP contribution < -0.4 is 0 Å². The molecule has 0 amide bonds. The minimum absolute atomic E-state index is 0.178. The molecule has 0 aliphatic rings. The first kappa shape index (κ1) is 17.5. The molecule has 3 heterocycles. The van der Waals surface area contributed by atoms with Gasteiger partial charge in [0, 0.05) is 49.1 Å². The van der Waals surface area contributed by atoms with E-state index < -0.39 is 166 Å². The number of benzene rings is 9. The maximum Gasteiger partial charge on any atom is 0.0782 e. The Morgan fingerprint density at radius 1 is 0.316 bits per heavy atom. The third-order valence-electron chi connectivity index (χ3n) is 10.3. The lowest BCUT2D eigenvalue weighted by Gasteiger charge is -2.16. The molecule has 0 spiro atoms. The van der Waals surface area contributed by atoms with E-state index in [-0.39, 0.29) is 55.0 Å². The van der Waals surface area contributed by atoms with Gasteiger partial charge in [0.05, 0.1) is 73.3 Å². The summed E-state index contributed by atoms with van der Waals surface area (Å²) in [6.07, 6.45) is 0. The Bertz CT molecular complexity index is 4740. The summed E-state index contributed by atoms with van der Waals surface area (Å²) in [7, 11) is 0. The maximum atomic E-state index is 10.3. The van der Waals surface area contributed by atoms with Crippen molar-refractivity contribution >= 4 is 65.4 Å². The lowest BCUT2D eigenvalue weighted by molar-refractivity contribution is 1.13. The topological polar surface area (TPSA) is 14.8 Å². The summed E-state index contributed by atoms with van der Waals surface area (Å²) in [5.41, 5.74) is -1.59. The van der Waals surface area contributed by atoms with Gasteiger partial charge in [-0.05, 0) is 65.6 Å². The molecule has 12 aromatic rings. The zero-order valence-electron chi connectivity index (χ0n) is 50.4. The highest BCUT2D eigenvalue weighted by atomic mass is 15.1. The number of hydrogen-bond acceptors (Lipinski definition) is 0. The first-order valence-corrected chi connectivity index (χ1v) is 17.9. The summed E-state index contributed by atoms with van der Waals surface area (Å²) < 4.78 is 200. The number of nitrogens with zero attached hydrogens (tertiary/aromatic N) is 3. The molecule has 9 aromatic carbocycles. The largest absolute Gasteiger partial charge is 0.308 e. The molecule has 0 N–H and O–H groups in total. The zero-order chi connectivity index (χ0) is 55.7. The SMILES string of the molecule is [2H]c1c([2H])c([2H])c2c(c1[2H])c1c([2H])c([2H])c([2H])c(-n3c4c([2H])c([2H])c([2H])c([2H])c4c4c([2H])c(-c5c([2H])c([2H])c([2H])c6c7c([2H])c([2H])c([2H])c([2H])c7n(-c7ccccc7-c7ccccc7)c56)c([2H])c([2H])c43)c1n2-c1ccccc1. The van der Waals surface area contributed by atoms with Crippen LogP contribution in [0, 0.1) is 0 Å². The second-order valence-corrected chi connectivity index (χ2v) is 13.3. The van der Waals surface area contributed by atoms with E-state index in [2.05, 4.69) is 0 Å². The van der Waals surface area contributed by atoms with Gasteiger partial charge < -0.3 is 13.7 Å². The second-order valence-electron chi connectivity index (χ2n) is 13.3. The molecule has 12 rings (SSSR count). The van der Waals surface area contributed by atoms with Crippen LogP contribution in [0.1, 0.15) is 28.8 Å². The van der Waals surface area contributed by atoms with Gasteiger partial charge in [-0.3, -0.25) is 0 Å². The molecule has 0 aliphatic carbocycles. The van der Waals surface area contributed by atoms with Gasteiger partial charge in [0.1, 0.15) is 0 Å². The molecule has 3 aromatic heterocycles. The van der Waals surface area contributed by atoms with Crippen molar-refractivity contribution in [2.24, 2.45) is 0 Å². The molecule has 0 aliphatic heterocycles. The monoisotopic (exact) mass is 746 g/mol. The zero-order valence-corrected chi connectivity index (χ0v) is 29.4. The highest BCUT2D eigenvalue weighted by Gasteiger charge is 2.22. The Balaban J connectivity index is 1.35. The van der Waals surface area contributed by atoms with E-state index in [0.29, 0.717) is 11.1 Å². The van der Waals surface area contributed by atoms with Gasteiger partial charge in [-0.25, -0.2) is 0 Å². The van der Waals surface area contributed by atoms with Crippen molar-refractivity contribution < 1.29 is 28.8 Å². The van der Waals surface area contributed by atoms with E-state index in [1.54, 1.807) is 84.9 Å². The summed E-state index contributed by atoms with van der Waals surface area (Å²) in [6, 6.07) is 8.92. The Labute approximate surface area is 359 Å². The molecule has 3 heteroatoms. The molecule has 0 bridgehead atoms. The molecule has 57 heavy (non-hydrogen) atoms. The Morgan fingerprint density at radius 3 is 1.60 bits per heavy atom. The van der Waals surface area contributed by atoms with Crippen LogP contribution in [0.15, 0.2) is 212 Å². The quantitative estimate of drug-likeness (QED) is 0.167. The predicted octanol–water partition coefficient (Wildman–Crippen LogP) is 14.3. The van der Waals surface area contributed by atoms with Gasteiger partial charge in [0.2, 0.25) is 0 Å². The van der Waals surface area contributed by atoms with E-state index in [1.165, 1.54) is 9.13 Å². The fourth-order valence-corrected chi connectivity index (χ4v) is 7.94. The van der Waals surface area contributed by atoms with Crippen molar-refractivity contribution in [2.75, 3.05) is 0 Å². The van der Waals surface area contributed by atoms with Crippen LogP contribution in [-0.2, 0) is 0 Å². The number of para-hydroxylation sites is 7. The Hall–Kier alpha value is -7.62. The fourth-order valence-electron chi connectivity index (χ4n) is 7.94. The molecule has 0 atom stereocenters. The Kier molecular flexibility index (Phi) is 3.81. The Morgan fingerprint density at radius 2 is 0.860 bits per heavy atom. The van der Waals surface area contributed by atoms with Gasteiger partial charge in [0.15, 0.2) is 0 Å². The summed E-state index contributed by atoms with van der Waals surface area (Å²) in [5.74, 6) is 0. The van der Waals surface area contributed by atoms with Crippen LogP contribution in [0.2, 0.25) is 0 Å². The average molecular weight is 747 g/mol. The molecule has 3 nitrogen and oxygen atoms in total. The summed E-state index contributed by atoms with van der Waals surface area (Å²) in [6.45, 7) is 0. The standard InChI is InChI=1S/C54H35N3/c1-3-17-36(18-4-1)39-21-7-11-28-47(39)57-50-31-14-9-22-41(50)44-26-15-25-40(53(44)57)37-33-34-51-46(35-37)43-24-10-13-30-49(43)56(51)52-32-16-27-45-42-23-8-12-29-48(42)55(54(45)52)38-19-5-2-6-20-38/h1-35H/i8D,9D,10D,12D,13D,14D,15D,16D,22D,23D,24D,25D,26D,27D,29D,30D,31D,32D,33D,34D,35D. The van der Waals surface area contributed by atoms with Gasteiger partial charge in [-0.15, -0.1) is 0 Å². The van der Waals surface area contributed by atoms with Crippen LogP contribution in [0.4, 0.5) is 0 Å². The van der Waals surface area contributed by atoms with E-state index in [1.807, 2.05) is 0 Å². The van der Waals surface area contributed by atoms with E-state index >= 15 is 0 Å². The smallest absolute Gasteiger partial charge is 0.0782 e. The van der Waals surface area contributed by atoms with Crippen LogP contribution in [-0.4, -0.2) is 13.7 Å². The van der Waals surface area contributed by atoms with Crippen LogP contribution in [0.25, 0.3) is 105 Å². The van der Waals surface area contributed by atoms with Crippen LogP contribution in [0.3, 0.4) is 0 Å². The summed E-state index contributed by atoms with van der Waals surface area (Å²) in [5, 5.41) is -1.84. The number of rotatable bonds is 5. The van der Waals surface area contributed by atoms with Crippen molar-refractivity contribution in [3.63, 3.8) is 0 Å². The van der Waals surface area contributed by atoms with Gasteiger partial charge in [-0.2, -0.15) is 0 Å². The highest BCUT2D eigenvalue weighted by molar-refractivity contribution is 6.17. The molecule has 0 fully saturated rings. The fraction of sp³-hybridized carbons (Fsp3) is 0. The van der Waals surface area contributed by atoms with Crippen LogP contribution >= 0.6 is 0 Å². The van der Waals surface area contributed by atoms with Gasteiger partial charge in [-0.1, -0.05) is 157 Å². The van der Waals surface area contributed by atoms with E-state index in [9.17, 15) is 19.2 Å². The van der Waals surface area contributed by atoms with Crippen molar-refractivity contribution in [1.29, 1.82) is 0 Å². The van der Waals surface area contributed by atoms with E-state index in [4.69, 9.17) is 9.60 Å². The minimum atomic E-state index is -0.847. The predicted molar refractivity (Wildman–Crippen MR) is 240 cm³/mol. The average Bonchev–Trinajstić information content (AvgIpc) is 4.18. The number of hydrogen-bond donors (Lipinski definition) is 0. The third kappa shape index (κ3) is 4.66. The molecule has 0 unspecified atom stereocenters. The maximum absolute atomic E-state index is 10.3. The molecule has 0 saturated carbocycles. The molecular weight excluding hydrogens is 691 g/mol. The normalized spacial score (nSPS) is 17.0. The highest BCUT2D eigenvalue weighted by Crippen LogP contribution is 2.44. The van der Waals surface area contributed by atoms with Crippen molar-refractivity contribution in [3.8, 4) is 39.3 Å². The molecule has 0 radical (unpaired) electrons. The summed E-state index contributed by atoms with van der Waals surface area (Å²) >= 11 is 0. The van der Waals surface area contributed by atoms with Crippen LogP contribution in [0.5, 0.6) is 0 Å². The third-order valence-corrected chi connectivity index (χ3v) is 10.3. The van der Waals surface area contributed by atoms with Crippen molar-refractivity contribution in [1.82, 2.24) is 13.7 Å². The lowest BCUT2D eigenvalue weighted by atomic mass is 9.99. The minimum Gasteiger partial charge on any atom is -0.308 e. The number of fused-ring (bicyclic) bond motifs is 9. The first-order valence-electron chi connectivity index (χ1n) is 28.4. The first-order chi connectivity index (χ1) is 37.1. The van der Waals surface area contributed by atoms with E-state index in [0.717, 1.165) is 4.57 Å². The van der Waals surface area contributed by atoms with Gasteiger partial charge in [0.25, 0.3) is 0 Å².